The normalized spacial score (nSPS) is 10.3. The molecule has 1 amide bonds. The molecule has 0 aromatic heterocycles. The van der Waals surface area contributed by atoms with Crippen molar-refractivity contribution in [3.63, 3.8) is 0 Å². The van der Waals surface area contributed by atoms with Gasteiger partial charge in [0.15, 0.2) is 0 Å². The van der Waals surface area contributed by atoms with E-state index in [9.17, 15) is 13.6 Å². The summed E-state index contributed by atoms with van der Waals surface area (Å²) in [6.07, 6.45) is -2.53. The fourth-order valence-electron chi connectivity index (χ4n) is 1.17. The lowest BCUT2D eigenvalue weighted by Gasteiger charge is -2.22. The van der Waals surface area contributed by atoms with Gasteiger partial charge in [-0.1, -0.05) is 0 Å². The number of nitrogens with one attached hydrogen (secondary N) is 1. The van der Waals surface area contributed by atoms with Crippen LogP contribution in [0.5, 0.6) is 0 Å². The predicted octanol–water partition coefficient (Wildman–Crippen LogP) is 0.384. The maximum absolute atomic E-state index is 12.2. The van der Waals surface area contributed by atoms with Crippen molar-refractivity contribution >= 4 is 18.3 Å². The number of hydrogen-bond donors (Lipinski definition) is 1. The van der Waals surface area contributed by atoms with Crippen LogP contribution in [-0.2, 0) is 14.3 Å². The smallest absolute Gasteiger partial charge is 0.255 e. The number of ether oxygens (including phenoxy) is 2. The molecule has 0 spiro atoms. The van der Waals surface area contributed by atoms with Crippen molar-refractivity contribution in [2.75, 3.05) is 53.6 Å². The molecular weight excluding hydrogens is 270 g/mol. The zero-order valence-electron chi connectivity index (χ0n) is 10.7. The summed E-state index contributed by atoms with van der Waals surface area (Å²) in [5.41, 5.74) is 0. The van der Waals surface area contributed by atoms with Gasteiger partial charge in [0.25, 0.3) is 6.43 Å². The third-order valence-corrected chi connectivity index (χ3v) is 2.04. The topological polar surface area (TPSA) is 50.8 Å². The van der Waals surface area contributed by atoms with Gasteiger partial charge < -0.3 is 19.7 Å². The number of halogens is 3. The summed E-state index contributed by atoms with van der Waals surface area (Å²) in [4.78, 5) is 12.7. The molecule has 0 aliphatic rings. The summed E-state index contributed by atoms with van der Waals surface area (Å²) < 4.78 is 34.0. The second kappa shape index (κ2) is 12.9. The van der Waals surface area contributed by atoms with Gasteiger partial charge in [-0.15, -0.1) is 12.4 Å². The highest BCUT2D eigenvalue weighted by Gasteiger charge is 2.17. The van der Waals surface area contributed by atoms with Crippen molar-refractivity contribution < 1.29 is 23.0 Å². The Morgan fingerprint density at radius 3 is 2.39 bits per heavy atom. The van der Waals surface area contributed by atoms with Crippen molar-refractivity contribution in [3.8, 4) is 0 Å². The molecule has 8 heteroatoms. The number of carbonyl (C=O) groups is 1. The minimum Gasteiger partial charge on any atom is -0.383 e. The van der Waals surface area contributed by atoms with Gasteiger partial charge in [0.1, 0.15) is 0 Å². The fourth-order valence-corrected chi connectivity index (χ4v) is 1.17. The summed E-state index contributed by atoms with van der Waals surface area (Å²) in [5, 5.41) is 2.81. The molecule has 0 aliphatic carbocycles. The molecule has 0 aromatic rings. The molecule has 0 heterocycles. The molecule has 0 aromatic carbocycles. The van der Waals surface area contributed by atoms with E-state index in [2.05, 4.69) is 5.32 Å². The lowest BCUT2D eigenvalue weighted by atomic mass is 10.4. The lowest BCUT2D eigenvalue weighted by Crippen LogP contribution is -2.42. The Kier molecular flexibility index (Phi) is 14.3. The molecule has 0 bridgehead atoms. The van der Waals surface area contributed by atoms with Gasteiger partial charge in [-0.05, 0) is 0 Å². The van der Waals surface area contributed by atoms with Crippen molar-refractivity contribution in [1.29, 1.82) is 0 Å². The molecule has 5 nitrogen and oxygen atoms in total. The number of rotatable bonds is 10. The summed E-state index contributed by atoms with van der Waals surface area (Å²) in [7, 11) is 3.01. The van der Waals surface area contributed by atoms with E-state index in [4.69, 9.17) is 9.47 Å². The average Bonchev–Trinajstić information content (AvgIpc) is 2.29. The molecule has 0 unspecified atom stereocenters. The highest BCUT2D eigenvalue weighted by Crippen LogP contribution is 1.98. The minimum absolute atomic E-state index is 0. The largest absolute Gasteiger partial charge is 0.383 e. The van der Waals surface area contributed by atoms with E-state index in [0.717, 1.165) is 4.90 Å². The zero-order valence-corrected chi connectivity index (χ0v) is 11.5. The summed E-state index contributed by atoms with van der Waals surface area (Å²) in [6, 6.07) is 0. The van der Waals surface area contributed by atoms with Crippen LogP contribution in [0.15, 0.2) is 0 Å². The molecule has 0 atom stereocenters. The maximum Gasteiger partial charge on any atom is 0.255 e. The highest BCUT2D eigenvalue weighted by molar-refractivity contribution is 5.85. The van der Waals surface area contributed by atoms with E-state index >= 15 is 0 Å². The van der Waals surface area contributed by atoms with Gasteiger partial charge in [0.2, 0.25) is 5.91 Å². The first-order chi connectivity index (χ1) is 8.11. The summed E-state index contributed by atoms with van der Waals surface area (Å²) in [5.74, 6) is -0.363. The van der Waals surface area contributed by atoms with E-state index in [-0.39, 0.29) is 38.0 Å². The minimum atomic E-state index is -2.53. The third kappa shape index (κ3) is 10.6. The van der Waals surface area contributed by atoms with Crippen LogP contribution in [0, 0.1) is 0 Å². The van der Waals surface area contributed by atoms with Crippen molar-refractivity contribution in [2.24, 2.45) is 0 Å². The predicted molar refractivity (Wildman–Crippen MR) is 66.5 cm³/mol. The first kappa shape index (κ1) is 19.8. The SMILES string of the molecule is COCCNCC(=O)N(CCOC)CC(F)F.Cl. The van der Waals surface area contributed by atoms with E-state index in [1.54, 1.807) is 7.11 Å². The van der Waals surface area contributed by atoms with Gasteiger partial charge in [-0.3, -0.25) is 4.79 Å². The monoisotopic (exact) mass is 290 g/mol. The second-order valence-electron chi connectivity index (χ2n) is 3.39. The van der Waals surface area contributed by atoms with Crippen molar-refractivity contribution in [2.45, 2.75) is 6.43 Å². The molecule has 0 aliphatic heterocycles. The fraction of sp³-hybridized carbons (Fsp3) is 0.900. The molecule has 1 N–H and O–H groups in total. The summed E-state index contributed by atoms with van der Waals surface area (Å²) >= 11 is 0. The van der Waals surface area contributed by atoms with E-state index < -0.39 is 13.0 Å². The Morgan fingerprint density at radius 1 is 1.28 bits per heavy atom. The average molecular weight is 291 g/mol. The maximum atomic E-state index is 12.2. The molecule has 0 saturated heterocycles. The second-order valence-corrected chi connectivity index (χ2v) is 3.39. The van der Waals surface area contributed by atoms with Crippen LogP contribution in [0.3, 0.4) is 0 Å². The third-order valence-electron chi connectivity index (χ3n) is 2.04. The van der Waals surface area contributed by atoms with Crippen molar-refractivity contribution in [1.82, 2.24) is 10.2 Å². The first-order valence-corrected chi connectivity index (χ1v) is 5.36. The lowest BCUT2D eigenvalue weighted by molar-refractivity contribution is -0.132. The van der Waals surface area contributed by atoms with Crippen LogP contribution < -0.4 is 5.32 Å². The number of alkyl halides is 2. The summed E-state index contributed by atoms with van der Waals surface area (Å²) in [6.45, 7) is 0.866. The van der Waals surface area contributed by atoms with Crippen molar-refractivity contribution in [3.05, 3.63) is 0 Å². The van der Waals surface area contributed by atoms with Crippen LogP contribution in [0.2, 0.25) is 0 Å². The van der Waals surface area contributed by atoms with E-state index in [1.807, 2.05) is 0 Å². The molecule has 0 radical (unpaired) electrons. The first-order valence-electron chi connectivity index (χ1n) is 5.36. The highest BCUT2D eigenvalue weighted by atomic mass is 35.5. The van der Waals surface area contributed by atoms with Gasteiger partial charge >= 0.3 is 0 Å². The van der Waals surface area contributed by atoms with Gasteiger partial charge in [-0.25, -0.2) is 8.78 Å². The van der Waals surface area contributed by atoms with Gasteiger partial charge in [0, 0.05) is 27.3 Å². The Balaban J connectivity index is 0. The Bertz CT molecular complexity index is 212. The van der Waals surface area contributed by atoms with Gasteiger partial charge in [-0.2, -0.15) is 0 Å². The quantitative estimate of drug-likeness (QED) is 0.591. The number of nitrogens with zero attached hydrogens (tertiary/aromatic N) is 1. The number of methoxy groups -OCH3 is 2. The van der Waals surface area contributed by atoms with Crippen LogP contribution in [0.1, 0.15) is 0 Å². The van der Waals surface area contributed by atoms with Crippen LogP contribution in [-0.4, -0.2) is 70.8 Å². The van der Waals surface area contributed by atoms with E-state index in [1.165, 1.54) is 7.11 Å². The zero-order chi connectivity index (χ0) is 13.1. The van der Waals surface area contributed by atoms with Gasteiger partial charge in [0.05, 0.1) is 26.3 Å². The number of carbonyl (C=O) groups excluding carboxylic acids is 1. The standard InChI is InChI=1S/C10H20F2N2O3.ClH/c1-16-5-3-13-7-10(15)14(4-6-17-2)8-9(11)12;/h9,13H,3-8H2,1-2H3;1H. The number of amides is 1. The van der Waals surface area contributed by atoms with Crippen LogP contribution in [0.4, 0.5) is 8.78 Å². The Morgan fingerprint density at radius 2 is 1.89 bits per heavy atom. The molecule has 0 fully saturated rings. The number of hydrogen-bond acceptors (Lipinski definition) is 4. The van der Waals surface area contributed by atoms with Crippen LogP contribution in [0.25, 0.3) is 0 Å². The molecule has 110 valence electrons. The molecular formula is C10H21ClF2N2O3. The Hall–Kier alpha value is -0.500. The van der Waals surface area contributed by atoms with E-state index in [0.29, 0.717) is 13.2 Å². The Labute approximate surface area is 112 Å². The molecule has 0 rings (SSSR count). The molecule has 18 heavy (non-hydrogen) atoms. The molecule has 0 saturated carbocycles. The van der Waals surface area contributed by atoms with Crippen LogP contribution >= 0.6 is 12.4 Å².